The van der Waals surface area contributed by atoms with Gasteiger partial charge in [0.25, 0.3) is 0 Å². The first kappa shape index (κ1) is 10.7. The van der Waals surface area contributed by atoms with Crippen LogP contribution in [0.1, 0.15) is 31.4 Å². The molecule has 1 aliphatic rings. The van der Waals surface area contributed by atoms with E-state index in [1.807, 2.05) is 11.8 Å². The van der Waals surface area contributed by atoms with Gasteiger partial charge in [-0.15, -0.1) is 0 Å². The van der Waals surface area contributed by atoms with Crippen LogP contribution in [0, 0.1) is 0 Å². The lowest BCUT2D eigenvalue weighted by Crippen LogP contribution is -2.09. The molecule has 0 aliphatic heterocycles. The van der Waals surface area contributed by atoms with Gasteiger partial charge in [0.15, 0.2) is 5.82 Å². The zero-order valence-corrected chi connectivity index (χ0v) is 9.46. The van der Waals surface area contributed by atoms with E-state index >= 15 is 0 Å². The number of hydrazine groups is 1. The number of hydrogen-bond acceptors (Lipinski definition) is 5. The van der Waals surface area contributed by atoms with Crippen LogP contribution in [0.3, 0.4) is 0 Å². The van der Waals surface area contributed by atoms with Gasteiger partial charge in [-0.05, 0) is 12.8 Å². The summed E-state index contributed by atoms with van der Waals surface area (Å²) in [6.07, 6.45) is 8.96. The van der Waals surface area contributed by atoms with E-state index in [2.05, 4.69) is 15.4 Å². The molecule has 0 amide bonds. The third-order valence-electron chi connectivity index (χ3n) is 2.62. The quantitative estimate of drug-likeness (QED) is 0.604. The van der Waals surface area contributed by atoms with Gasteiger partial charge in [0.2, 0.25) is 0 Å². The maximum Gasteiger partial charge on any atom is 0.158 e. The highest BCUT2D eigenvalue weighted by Crippen LogP contribution is 2.31. The van der Waals surface area contributed by atoms with Crippen LogP contribution in [-0.2, 0) is 5.75 Å². The molecule has 0 aromatic carbocycles. The molecule has 0 radical (unpaired) electrons. The summed E-state index contributed by atoms with van der Waals surface area (Å²) in [5, 5.41) is 0.833. The zero-order valence-electron chi connectivity index (χ0n) is 8.65. The number of nitrogens with two attached hydrogens (primary N) is 1. The van der Waals surface area contributed by atoms with Gasteiger partial charge in [-0.2, -0.15) is 11.8 Å². The molecule has 1 aliphatic carbocycles. The lowest BCUT2D eigenvalue weighted by Gasteiger charge is -2.07. The van der Waals surface area contributed by atoms with Crippen molar-refractivity contribution in [1.82, 2.24) is 9.97 Å². The molecule has 1 saturated carbocycles. The van der Waals surface area contributed by atoms with Crippen molar-refractivity contribution in [2.75, 3.05) is 5.43 Å². The molecule has 0 bridgehead atoms. The van der Waals surface area contributed by atoms with E-state index in [0.717, 1.165) is 16.7 Å². The standard InChI is InChI=1S/C10H16N4S/c11-14-10-6-12-8(5-13-10)7-15-9-3-1-2-4-9/h5-6,9H,1-4,7,11H2,(H,13,14). The van der Waals surface area contributed by atoms with Crippen molar-refractivity contribution in [2.45, 2.75) is 36.7 Å². The van der Waals surface area contributed by atoms with E-state index in [9.17, 15) is 0 Å². The molecule has 2 rings (SSSR count). The van der Waals surface area contributed by atoms with Gasteiger partial charge in [-0.1, -0.05) is 12.8 Å². The Hall–Kier alpha value is -0.810. The maximum absolute atomic E-state index is 5.22. The molecule has 0 saturated heterocycles. The molecular formula is C10H16N4S. The number of anilines is 1. The Morgan fingerprint density at radius 3 is 2.73 bits per heavy atom. The van der Waals surface area contributed by atoms with Gasteiger partial charge >= 0.3 is 0 Å². The fourth-order valence-electron chi connectivity index (χ4n) is 1.76. The van der Waals surface area contributed by atoms with E-state index in [1.165, 1.54) is 25.7 Å². The molecule has 5 heteroatoms. The molecule has 0 atom stereocenters. The van der Waals surface area contributed by atoms with Crippen LogP contribution in [0.2, 0.25) is 0 Å². The predicted octanol–water partition coefficient (Wildman–Crippen LogP) is 1.94. The molecule has 4 nitrogen and oxygen atoms in total. The second-order valence-corrected chi connectivity index (χ2v) is 5.04. The normalized spacial score (nSPS) is 16.9. The zero-order chi connectivity index (χ0) is 10.5. The first-order chi connectivity index (χ1) is 7.38. The van der Waals surface area contributed by atoms with Gasteiger partial charge in [-0.25, -0.2) is 10.8 Å². The third kappa shape index (κ3) is 3.07. The highest BCUT2D eigenvalue weighted by atomic mass is 32.2. The fourth-order valence-corrected chi connectivity index (χ4v) is 2.98. The first-order valence-corrected chi connectivity index (χ1v) is 6.32. The minimum absolute atomic E-state index is 0.615. The monoisotopic (exact) mass is 224 g/mol. The van der Waals surface area contributed by atoms with E-state index in [-0.39, 0.29) is 0 Å². The van der Waals surface area contributed by atoms with Crippen LogP contribution < -0.4 is 11.3 Å². The molecule has 15 heavy (non-hydrogen) atoms. The van der Waals surface area contributed by atoms with Gasteiger partial charge in [0, 0.05) is 11.0 Å². The van der Waals surface area contributed by atoms with Gasteiger partial charge in [-0.3, -0.25) is 4.98 Å². The van der Waals surface area contributed by atoms with Crippen molar-refractivity contribution in [1.29, 1.82) is 0 Å². The molecule has 82 valence electrons. The third-order valence-corrected chi connectivity index (χ3v) is 4.03. The number of rotatable bonds is 4. The highest BCUT2D eigenvalue weighted by molar-refractivity contribution is 7.99. The van der Waals surface area contributed by atoms with Gasteiger partial charge < -0.3 is 5.43 Å². The van der Waals surface area contributed by atoms with Crippen molar-refractivity contribution in [3.63, 3.8) is 0 Å². The highest BCUT2D eigenvalue weighted by Gasteiger charge is 2.15. The van der Waals surface area contributed by atoms with Crippen molar-refractivity contribution in [3.05, 3.63) is 18.1 Å². The summed E-state index contributed by atoms with van der Waals surface area (Å²) in [4.78, 5) is 8.42. The van der Waals surface area contributed by atoms with Crippen LogP contribution in [-0.4, -0.2) is 15.2 Å². The first-order valence-electron chi connectivity index (χ1n) is 5.27. The Balaban J connectivity index is 1.82. The van der Waals surface area contributed by atoms with E-state index in [1.54, 1.807) is 12.4 Å². The van der Waals surface area contributed by atoms with E-state index in [0.29, 0.717) is 5.82 Å². The number of nitrogens with zero attached hydrogens (tertiary/aromatic N) is 2. The SMILES string of the molecule is NNc1cnc(CSC2CCCC2)cn1. The largest absolute Gasteiger partial charge is 0.307 e. The summed E-state index contributed by atoms with van der Waals surface area (Å²) in [6.45, 7) is 0. The topological polar surface area (TPSA) is 63.8 Å². The Labute approximate surface area is 94.0 Å². The van der Waals surface area contributed by atoms with Gasteiger partial charge in [0.1, 0.15) is 0 Å². The van der Waals surface area contributed by atoms with E-state index < -0.39 is 0 Å². The molecule has 0 unspecified atom stereocenters. The number of aromatic nitrogens is 2. The Morgan fingerprint density at radius 1 is 1.33 bits per heavy atom. The van der Waals surface area contributed by atoms with Crippen LogP contribution in [0.15, 0.2) is 12.4 Å². The maximum atomic E-state index is 5.22. The molecule has 0 spiro atoms. The molecule has 1 fully saturated rings. The van der Waals surface area contributed by atoms with Crippen molar-refractivity contribution in [2.24, 2.45) is 5.84 Å². The second-order valence-electron chi connectivity index (χ2n) is 3.75. The molecule has 1 aromatic heterocycles. The average molecular weight is 224 g/mol. The Morgan fingerprint density at radius 2 is 2.13 bits per heavy atom. The molecular weight excluding hydrogens is 208 g/mol. The van der Waals surface area contributed by atoms with Crippen molar-refractivity contribution >= 4 is 17.6 Å². The van der Waals surface area contributed by atoms with Crippen molar-refractivity contribution in [3.8, 4) is 0 Å². The van der Waals surface area contributed by atoms with Crippen LogP contribution in [0.4, 0.5) is 5.82 Å². The summed E-state index contributed by atoms with van der Waals surface area (Å²) in [7, 11) is 0. The van der Waals surface area contributed by atoms with Crippen LogP contribution >= 0.6 is 11.8 Å². The Bertz CT molecular complexity index is 295. The summed E-state index contributed by atoms with van der Waals surface area (Å²) in [5.41, 5.74) is 3.50. The molecule has 1 aromatic rings. The number of nitrogen functional groups attached to an aromatic ring is 1. The fraction of sp³-hybridized carbons (Fsp3) is 0.600. The number of hydrogen-bond donors (Lipinski definition) is 2. The smallest absolute Gasteiger partial charge is 0.158 e. The lowest BCUT2D eigenvalue weighted by molar-refractivity contribution is 0.886. The summed E-state index contributed by atoms with van der Waals surface area (Å²) in [6, 6.07) is 0. The summed E-state index contributed by atoms with van der Waals surface area (Å²) >= 11 is 2.00. The average Bonchev–Trinajstić information content (AvgIpc) is 2.80. The summed E-state index contributed by atoms with van der Waals surface area (Å²) in [5.74, 6) is 6.79. The number of nitrogens with one attached hydrogen (secondary N) is 1. The predicted molar refractivity (Wildman–Crippen MR) is 63.4 cm³/mol. The molecule has 1 heterocycles. The summed E-state index contributed by atoms with van der Waals surface area (Å²) < 4.78 is 0. The van der Waals surface area contributed by atoms with Crippen molar-refractivity contribution < 1.29 is 0 Å². The second kappa shape index (κ2) is 5.32. The Kier molecular flexibility index (Phi) is 3.80. The minimum atomic E-state index is 0.615. The van der Waals surface area contributed by atoms with Crippen LogP contribution in [0.25, 0.3) is 0 Å². The lowest BCUT2D eigenvalue weighted by atomic mass is 10.4. The van der Waals surface area contributed by atoms with Gasteiger partial charge in [0.05, 0.1) is 18.1 Å². The number of thioether (sulfide) groups is 1. The van der Waals surface area contributed by atoms with E-state index in [4.69, 9.17) is 5.84 Å². The molecule has 3 N–H and O–H groups in total. The van der Waals surface area contributed by atoms with Crippen LogP contribution in [0.5, 0.6) is 0 Å². The minimum Gasteiger partial charge on any atom is -0.307 e.